The van der Waals surface area contributed by atoms with Gasteiger partial charge in [-0.25, -0.2) is 0 Å². The molecule has 1 atom stereocenters. The summed E-state index contributed by atoms with van der Waals surface area (Å²) in [6, 6.07) is 7.49. The van der Waals surface area contributed by atoms with E-state index in [-0.39, 0.29) is 17.9 Å². The predicted octanol–water partition coefficient (Wildman–Crippen LogP) is 0.395. The van der Waals surface area contributed by atoms with Crippen LogP contribution in [0.2, 0.25) is 0 Å². The number of carboxylic acids is 1. The van der Waals surface area contributed by atoms with Crippen molar-refractivity contribution in [3.05, 3.63) is 29.8 Å². The summed E-state index contributed by atoms with van der Waals surface area (Å²) in [6.45, 7) is 2.57. The van der Waals surface area contributed by atoms with Crippen LogP contribution in [0, 0.1) is 0 Å². The number of likely N-dealkylation sites (N-methyl/N-ethyl adjacent to an activating group) is 1. The number of hydrogen-bond acceptors (Lipinski definition) is 5. The summed E-state index contributed by atoms with van der Waals surface area (Å²) in [4.78, 5) is 34.2. The number of hydrogen-bond donors (Lipinski definition) is 3. The first-order chi connectivity index (χ1) is 12.3. The molecule has 0 aliphatic carbocycles. The highest BCUT2D eigenvalue weighted by Gasteiger charge is 2.23. The van der Waals surface area contributed by atoms with E-state index in [0.717, 1.165) is 18.2 Å². The second-order valence-corrected chi connectivity index (χ2v) is 6.06. The van der Waals surface area contributed by atoms with Gasteiger partial charge >= 0.3 is 0 Å². The summed E-state index contributed by atoms with van der Waals surface area (Å²) < 4.78 is 5.45. The summed E-state index contributed by atoms with van der Waals surface area (Å²) in [6.07, 6.45) is 1.49. The van der Waals surface area contributed by atoms with Gasteiger partial charge in [0.1, 0.15) is 12.4 Å². The van der Waals surface area contributed by atoms with Gasteiger partial charge in [0, 0.05) is 39.5 Å². The summed E-state index contributed by atoms with van der Waals surface area (Å²) in [5, 5.41) is 10.4. The van der Waals surface area contributed by atoms with Crippen molar-refractivity contribution in [1.82, 2.24) is 10.2 Å². The molecule has 1 fully saturated rings. The van der Waals surface area contributed by atoms with E-state index in [2.05, 4.69) is 5.32 Å². The third kappa shape index (κ3) is 8.48. The Hall–Kier alpha value is -2.61. The van der Waals surface area contributed by atoms with Gasteiger partial charge in [0.05, 0.1) is 6.42 Å². The Bertz CT molecular complexity index is 617. The first-order valence-corrected chi connectivity index (χ1v) is 8.46. The Kier molecular flexibility index (Phi) is 9.14. The molecule has 1 aromatic rings. The standard InChI is InChI=1S/C16H23N3O3.C2H4O2/c1-19-11-13(5-6-16(19)21)18-15(20)10-12-3-2-4-14(9-12)22-8-7-17;1-2(3)4/h2-4,9,13H,5-8,10-11,17H2,1H3,(H,18,20);1H3,(H,3,4). The average molecular weight is 365 g/mol. The van der Waals surface area contributed by atoms with Gasteiger partial charge in [-0.05, 0) is 24.1 Å². The van der Waals surface area contributed by atoms with Crippen molar-refractivity contribution < 1.29 is 24.2 Å². The molecule has 8 nitrogen and oxygen atoms in total. The SMILES string of the molecule is CC(=O)O.CN1CC(NC(=O)Cc2cccc(OCCN)c2)CCC1=O. The number of carboxylic acid groups (broad SMARTS) is 1. The first-order valence-electron chi connectivity index (χ1n) is 8.46. The van der Waals surface area contributed by atoms with Crippen LogP contribution in [0.3, 0.4) is 0 Å². The van der Waals surface area contributed by atoms with E-state index in [4.69, 9.17) is 20.4 Å². The van der Waals surface area contributed by atoms with E-state index in [1.165, 1.54) is 0 Å². The van der Waals surface area contributed by atoms with E-state index < -0.39 is 5.97 Å². The highest BCUT2D eigenvalue weighted by Crippen LogP contribution is 2.14. The molecule has 0 aromatic heterocycles. The fourth-order valence-electron chi connectivity index (χ4n) is 2.52. The Morgan fingerprint density at radius 3 is 2.73 bits per heavy atom. The Balaban J connectivity index is 0.000000765. The van der Waals surface area contributed by atoms with Crippen molar-refractivity contribution in [2.24, 2.45) is 5.73 Å². The molecule has 8 heteroatoms. The summed E-state index contributed by atoms with van der Waals surface area (Å²) >= 11 is 0. The number of amides is 2. The van der Waals surface area contributed by atoms with Crippen LogP contribution in [0.25, 0.3) is 0 Å². The van der Waals surface area contributed by atoms with E-state index in [1.54, 1.807) is 11.9 Å². The number of nitrogens with one attached hydrogen (secondary N) is 1. The van der Waals surface area contributed by atoms with Crippen LogP contribution in [0.15, 0.2) is 24.3 Å². The van der Waals surface area contributed by atoms with Gasteiger partial charge in [0.2, 0.25) is 11.8 Å². The van der Waals surface area contributed by atoms with Crippen LogP contribution < -0.4 is 15.8 Å². The predicted molar refractivity (Wildman–Crippen MR) is 96.8 cm³/mol. The molecule has 144 valence electrons. The number of carbonyl (C=O) groups is 3. The first kappa shape index (κ1) is 21.4. The number of rotatable bonds is 6. The minimum absolute atomic E-state index is 0.0341. The van der Waals surface area contributed by atoms with Gasteiger partial charge in [0.25, 0.3) is 5.97 Å². The summed E-state index contributed by atoms with van der Waals surface area (Å²) in [7, 11) is 1.76. The van der Waals surface area contributed by atoms with Crippen LogP contribution in [0.4, 0.5) is 0 Å². The number of aliphatic carboxylic acids is 1. The Morgan fingerprint density at radius 1 is 1.42 bits per heavy atom. The zero-order valence-electron chi connectivity index (χ0n) is 15.2. The number of ether oxygens (including phenoxy) is 1. The van der Waals surface area contributed by atoms with Crippen LogP contribution in [-0.2, 0) is 20.8 Å². The van der Waals surface area contributed by atoms with E-state index in [0.29, 0.717) is 39.0 Å². The molecule has 0 saturated carbocycles. The molecular formula is C18H27N3O5. The maximum absolute atomic E-state index is 12.1. The summed E-state index contributed by atoms with van der Waals surface area (Å²) in [5.74, 6) is -0.0160. The number of nitrogens with two attached hydrogens (primary N) is 1. The van der Waals surface area contributed by atoms with Crippen LogP contribution in [0.1, 0.15) is 25.3 Å². The normalized spacial score (nSPS) is 16.3. The van der Waals surface area contributed by atoms with Gasteiger partial charge in [-0.3, -0.25) is 14.4 Å². The Morgan fingerprint density at radius 2 is 2.12 bits per heavy atom. The Labute approximate surface area is 153 Å². The lowest BCUT2D eigenvalue weighted by Crippen LogP contribution is -2.48. The smallest absolute Gasteiger partial charge is 0.300 e. The zero-order valence-corrected chi connectivity index (χ0v) is 15.2. The van der Waals surface area contributed by atoms with E-state index in [9.17, 15) is 9.59 Å². The number of benzene rings is 1. The van der Waals surface area contributed by atoms with Crippen molar-refractivity contribution in [1.29, 1.82) is 0 Å². The van der Waals surface area contributed by atoms with Crippen molar-refractivity contribution in [2.45, 2.75) is 32.2 Å². The zero-order chi connectivity index (χ0) is 19.5. The fraction of sp³-hybridized carbons (Fsp3) is 0.500. The number of piperidine rings is 1. The van der Waals surface area contributed by atoms with E-state index in [1.807, 2.05) is 24.3 Å². The van der Waals surface area contributed by atoms with Crippen molar-refractivity contribution in [3.63, 3.8) is 0 Å². The molecule has 2 amide bonds. The second-order valence-electron chi connectivity index (χ2n) is 6.06. The van der Waals surface area contributed by atoms with Gasteiger partial charge < -0.3 is 25.8 Å². The van der Waals surface area contributed by atoms with Crippen LogP contribution in [0.5, 0.6) is 5.75 Å². The lowest BCUT2D eigenvalue weighted by Gasteiger charge is -2.30. The van der Waals surface area contributed by atoms with Crippen molar-refractivity contribution in [3.8, 4) is 5.75 Å². The molecule has 1 heterocycles. The fourth-order valence-corrected chi connectivity index (χ4v) is 2.52. The van der Waals surface area contributed by atoms with E-state index >= 15 is 0 Å². The maximum Gasteiger partial charge on any atom is 0.300 e. The molecule has 26 heavy (non-hydrogen) atoms. The van der Waals surface area contributed by atoms with Gasteiger partial charge in [-0.1, -0.05) is 12.1 Å². The number of nitrogens with zero attached hydrogens (tertiary/aromatic N) is 1. The lowest BCUT2D eigenvalue weighted by molar-refractivity contribution is -0.134. The molecule has 1 unspecified atom stereocenters. The maximum atomic E-state index is 12.1. The molecule has 0 spiro atoms. The van der Waals surface area contributed by atoms with Gasteiger partial charge in [-0.2, -0.15) is 0 Å². The second kappa shape index (κ2) is 11.1. The monoisotopic (exact) mass is 365 g/mol. The molecule has 2 rings (SSSR count). The van der Waals surface area contributed by atoms with Gasteiger partial charge in [0.15, 0.2) is 0 Å². The highest BCUT2D eigenvalue weighted by molar-refractivity contribution is 5.80. The third-order valence-electron chi connectivity index (χ3n) is 3.64. The molecule has 1 aromatic carbocycles. The molecule has 1 saturated heterocycles. The highest BCUT2D eigenvalue weighted by atomic mass is 16.5. The average Bonchev–Trinajstić information content (AvgIpc) is 2.56. The molecule has 0 bridgehead atoms. The summed E-state index contributed by atoms with van der Waals surface area (Å²) in [5.41, 5.74) is 6.30. The third-order valence-corrected chi connectivity index (χ3v) is 3.64. The van der Waals surface area contributed by atoms with Crippen LogP contribution >= 0.6 is 0 Å². The molecule has 1 aliphatic rings. The number of likely N-dealkylation sites (tertiary alicyclic amines) is 1. The van der Waals surface area contributed by atoms with Gasteiger partial charge in [-0.15, -0.1) is 0 Å². The molecular weight excluding hydrogens is 338 g/mol. The topological polar surface area (TPSA) is 122 Å². The number of carbonyl (C=O) groups excluding carboxylic acids is 2. The largest absolute Gasteiger partial charge is 0.492 e. The van der Waals surface area contributed by atoms with Crippen molar-refractivity contribution >= 4 is 17.8 Å². The quantitative estimate of drug-likeness (QED) is 0.670. The minimum Gasteiger partial charge on any atom is -0.492 e. The lowest BCUT2D eigenvalue weighted by atomic mass is 10.0. The molecule has 0 radical (unpaired) electrons. The van der Waals surface area contributed by atoms with Crippen molar-refractivity contribution in [2.75, 3.05) is 26.7 Å². The van der Waals surface area contributed by atoms with Crippen LogP contribution in [-0.4, -0.2) is 60.6 Å². The molecule has 4 N–H and O–H groups in total. The minimum atomic E-state index is -0.833. The molecule has 1 aliphatic heterocycles.